The van der Waals surface area contributed by atoms with Crippen molar-refractivity contribution >= 4 is 17.3 Å². The van der Waals surface area contributed by atoms with Gasteiger partial charge in [0.1, 0.15) is 11.5 Å². The molecule has 1 N–H and O–H groups in total. The fourth-order valence-corrected chi connectivity index (χ4v) is 3.43. The molecule has 1 aromatic heterocycles. The third-order valence-corrected chi connectivity index (χ3v) is 5.52. The van der Waals surface area contributed by atoms with E-state index in [0.717, 1.165) is 40.4 Å². The topological polar surface area (TPSA) is 124 Å². The lowest BCUT2D eigenvalue weighted by atomic mass is 10.1. The summed E-state index contributed by atoms with van der Waals surface area (Å²) in [4.78, 5) is 12.2. The van der Waals surface area contributed by atoms with E-state index in [4.69, 9.17) is 9.47 Å². The Balaban J connectivity index is 1.13. The van der Waals surface area contributed by atoms with Crippen LogP contribution in [0.4, 0.5) is 11.4 Å². The zero-order chi connectivity index (χ0) is 27.3. The SMILES string of the molecule is CCCOc1ccc(N=Nc2ccc(OCCCC(=O)NCc3ccc(-c4nnc(C)nn4)cc3)cc2)cc1. The summed E-state index contributed by atoms with van der Waals surface area (Å²) in [5.74, 6) is 2.50. The largest absolute Gasteiger partial charge is 0.494 e. The Hall–Kier alpha value is -4.73. The molecule has 10 nitrogen and oxygen atoms in total. The first-order valence-electron chi connectivity index (χ1n) is 12.9. The number of nitrogens with zero attached hydrogens (tertiary/aromatic N) is 6. The lowest BCUT2D eigenvalue weighted by Gasteiger charge is -2.08. The number of amides is 1. The monoisotopic (exact) mass is 525 g/mol. The maximum Gasteiger partial charge on any atom is 0.220 e. The average Bonchev–Trinajstić information content (AvgIpc) is 2.98. The van der Waals surface area contributed by atoms with Crippen LogP contribution >= 0.6 is 0 Å². The van der Waals surface area contributed by atoms with E-state index in [9.17, 15) is 4.79 Å². The van der Waals surface area contributed by atoms with E-state index in [1.807, 2.05) is 72.8 Å². The van der Waals surface area contributed by atoms with Gasteiger partial charge in [0.05, 0.1) is 24.6 Å². The van der Waals surface area contributed by atoms with Crippen molar-refractivity contribution in [2.24, 2.45) is 10.2 Å². The van der Waals surface area contributed by atoms with Gasteiger partial charge in [-0.2, -0.15) is 10.2 Å². The third kappa shape index (κ3) is 8.96. The number of ether oxygens (including phenoxy) is 2. The molecule has 0 saturated heterocycles. The quantitative estimate of drug-likeness (QED) is 0.170. The molecule has 4 rings (SSSR count). The van der Waals surface area contributed by atoms with Gasteiger partial charge >= 0.3 is 0 Å². The fourth-order valence-electron chi connectivity index (χ4n) is 3.43. The third-order valence-electron chi connectivity index (χ3n) is 5.52. The molecule has 0 aliphatic heterocycles. The number of benzene rings is 3. The van der Waals surface area contributed by atoms with Crippen molar-refractivity contribution in [2.45, 2.75) is 39.7 Å². The van der Waals surface area contributed by atoms with Gasteiger partial charge in [0, 0.05) is 18.5 Å². The van der Waals surface area contributed by atoms with E-state index in [1.165, 1.54) is 0 Å². The van der Waals surface area contributed by atoms with Gasteiger partial charge < -0.3 is 14.8 Å². The van der Waals surface area contributed by atoms with Crippen molar-refractivity contribution < 1.29 is 14.3 Å². The summed E-state index contributed by atoms with van der Waals surface area (Å²) in [5.41, 5.74) is 3.27. The minimum Gasteiger partial charge on any atom is -0.494 e. The molecule has 39 heavy (non-hydrogen) atoms. The molecule has 0 atom stereocenters. The number of carbonyl (C=O) groups excluding carboxylic acids is 1. The highest BCUT2D eigenvalue weighted by molar-refractivity contribution is 5.75. The number of hydrogen-bond acceptors (Lipinski definition) is 9. The summed E-state index contributed by atoms with van der Waals surface area (Å²) in [5, 5.41) is 27.4. The maximum absolute atomic E-state index is 12.2. The Bertz CT molecular complexity index is 1340. The van der Waals surface area contributed by atoms with Gasteiger partial charge in [0.2, 0.25) is 11.7 Å². The zero-order valence-electron chi connectivity index (χ0n) is 22.1. The van der Waals surface area contributed by atoms with Crippen LogP contribution in [0.2, 0.25) is 0 Å². The van der Waals surface area contributed by atoms with Crippen molar-refractivity contribution in [2.75, 3.05) is 13.2 Å². The number of rotatable bonds is 13. The molecule has 0 fully saturated rings. The van der Waals surface area contributed by atoms with E-state index < -0.39 is 0 Å². The Kier molecular flexibility index (Phi) is 9.99. The first-order chi connectivity index (χ1) is 19.1. The summed E-state index contributed by atoms with van der Waals surface area (Å²) >= 11 is 0. The Morgan fingerprint density at radius 1 is 0.769 bits per heavy atom. The van der Waals surface area contributed by atoms with Gasteiger partial charge in [-0.05, 0) is 73.9 Å². The molecule has 0 saturated carbocycles. The van der Waals surface area contributed by atoms with Gasteiger partial charge in [0.15, 0.2) is 5.82 Å². The smallest absolute Gasteiger partial charge is 0.220 e. The summed E-state index contributed by atoms with van der Waals surface area (Å²) in [7, 11) is 0. The normalized spacial score (nSPS) is 10.9. The van der Waals surface area contributed by atoms with E-state index in [1.54, 1.807) is 6.92 Å². The Labute approximate surface area is 227 Å². The summed E-state index contributed by atoms with van der Waals surface area (Å²) in [6, 6.07) is 22.5. The molecule has 0 aliphatic rings. The lowest BCUT2D eigenvalue weighted by molar-refractivity contribution is -0.121. The molecule has 3 aromatic carbocycles. The van der Waals surface area contributed by atoms with Crippen LogP contribution in [0.3, 0.4) is 0 Å². The molecule has 0 spiro atoms. The molecule has 1 amide bonds. The molecule has 10 heteroatoms. The van der Waals surface area contributed by atoms with Crippen molar-refractivity contribution in [3.05, 3.63) is 84.2 Å². The van der Waals surface area contributed by atoms with Gasteiger partial charge in [-0.15, -0.1) is 20.4 Å². The van der Waals surface area contributed by atoms with Gasteiger partial charge in [-0.3, -0.25) is 4.79 Å². The predicted molar refractivity (Wildman–Crippen MR) is 147 cm³/mol. The number of aryl methyl sites for hydroxylation is 1. The Morgan fingerprint density at radius 2 is 1.33 bits per heavy atom. The molecule has 200 valence electrons. The zero-order valence-corrected chi connectivity index (χ0v) is 22.1. The molecule has 0 unspecified atom stereocenters. The van der Waals surface area contributed by atoms with Crippen LogP contribution in [0.15, 0.2) is 83.0 Å². The van der Waals surface area contributed by atoms with Crippen LogP contribution in [0.25, 0.3) is 11.4 Å². The highest BCUT2D eigenvalue weighted by Crippen LogP contribution is 2.23. The van der Waals surface area contributed by atoms with E-state index in [2.05, 4.69) is 42.9 Å². The minimum atomic E-state index is -0.0290. The van der Waals surface area contributed by atoms with Crippen LogP contribution in [0, 0.1) is 6.92 Å². The van der Waals surface area contributed by atoms with Crippen molar-refractivity contribution in [3.8, 4) is 22.9 Å². The Morgan fingerprint density at radius 3 is 1.90 bits per heavy atom. The van der Waals surface area contributed by atoms with E-state index >= 15 is 0 Å². The molecular formula is C29H31N7O3. The summed E-state index contributed by atoms with van der Waals surface area (Å²) < 4.78 is 11.3. The van der Waals surface area contributed by atoms with Crippen LogP contribution < -0.4 is 14.8 Å². The lowest BCUT2D eigenvalue weighted by Crippen LogP contribution is -2.22. The first-order valence-corrected chi connectivity index (χ1v) is 12.9. The van der Waals surface area contributed by atoms with Crippen LogP contribution in [-0.2, 0) is 11.3 Å². The van der Waals surface area contributed by atoms with Crippen molar-refractivity contribution in [1.82, 2.24) is 25.7 Å². The highest BCUT2D eigenvalue weighted by atomic mass is 16.5. The standard InChI is InChI=1S/C29H31N7O3/c1-3-18-38-26-14-10-24(11-15-26)33-34-25-12-16-27(17-13-25)39-19-4-5-28(37)30-20-22-6-8-23(9-7-22)29-35-31-21(2)32-36-29/h6-17H,3-5,18-20H2,1-2H3,(H,30,37). The van der Waals surface area contributed by atoms with Crippen molar-refractivity contribution in [1.29, 1.82) is 0 Å². The highest BCUT2D eigenvalue weighted by Gasteiger charge is 2.05. The predicted octanol–water partition coefficient (Wildman–Crippen LogP) is 5.92. The number of carbonyl (C=O) groups is 1. The van der Waals surface area contributed by atoms with E-state index in [0.29, 0.717) is 44.2 Å². The maximum atomic E-state index is 12.2. The molecule has 4 aromatic rings. The van der Waals surface area contributed by atoms with Crippen LogP contribution in [0.5, 0.6) is 11.5 Å². The second-order valence-corrected chi connectivity index (χ2v) is 8.73. The fraction of sp³-hybridized carbons (Fsp3) is 0.276. The van der Waals surface area contributed by atoms with Gasteiger partial charge in [-0.1, -0.05) is 31.2 Å². The number of hydrogen-bond donors (Lipinski definition) is 1. The molecule has 0 bridgehead atoms. The number of aromatic nitrogens is 4. The molecular weight excluding hydrogens is 494 g/mol. The van der Waals surface area contributed by atoms with Crippen LogP contribution in [-0.4, -0.2) is 39.5 Å². The molecule has 0 radical (unpaired) electrons. The first kappa shape index (κ1) is 27.3. The summed E-state index contributed by atoms with van der Waals surface area (Å²) in [6.07, 6.45) is 1.95. The average molecular weight is 526 g/mol. The molecule has 0 aliphatic carbocycles. The minimum absolute atomic E-state index is 0.0290. The molecule has 1 heterocycles. The van der Waals surface area contributed by atoms with Crippen LogP contribution in [0.1, 0.15) is 37.6 Å². The number of nitrogens with one attached hydrogen (secondary N) is 1. The number of azo groups is 1. The van der Waals surface area contributed by atoms with Gasteiger partial charge in [-0.25, -0.2) is 0 Å². The summed E-state index contributed by atoms with van der Waals surface area (Å²) in [6.45, 7) is 5.38. The van der Waals surface area contributed by atoms with Crippen molar-refractivity contribution in [3.63, 3.8) is 0 Å². The second kappa shape index (κ2) is 14.3. The van der Waals surface area contributed by atoms with E-state index in [-0.39, 0.29) is 5.91 Å². The van der Waals surface area contributed by atoms with Gasteiger partial charge in [0.25, 0.3) is 0 Å². The second-order valence-electron chi connectivity index (χ2n) is 8.73.